The molecule has 25 heavy (non-hydrogen) atoms. The minimum atomic E-state index is -0.963. The molecule has 2 N–H and O–H groups in total. The molecule has 2 unspecified atom stereocenters. The highest BCUT2D eigenvalue weighted by molar-refractivity contribution is 7.99. The summed E-state index contributed by atoms with van der Waals surface area (Å²) in [6.45, 7) is 0. The van der Waals surface area contributed by atoms with Crippen molar-refractivity contribution in [2.24, 2.45) is 0 Å². The van der Waals surface area contributed by atoms with Gasteiger partial charge in [0.2, 0.25) is 0 Å². The van der Waals surface area contributed by atoms with Gasteiger partial charge in [-0.25, -0.2) is 4.79 Å². The third-order valence-corrected chi connectivity index (χ3v) is 6.45. The van der Waals surface area contributed by atoms with Crippen molar-refractivity contribution in [2.45, 2.75) is 56.2 Å². The van der Waals surface area contributed by atoms with Crippen LogP contribution in [0.15, 0.2) is 41.5 Å². The Hall–Kier alpha value is -1.75. The predicted octanol–water partition coefficient (Wildman–Crippen LogP) is 4.03. The van der Waals surface area contributed by atoms with E-state index >= 15 is 0 Å². The lowest BCUT2D eigenvalue weighted by Gasteiger charge is -2.24. The lowest BCUT2D eigenvalue weighted by atomic mass is 9.85. The number of amides is 1. The molecule has 0 aromatic heterocycles. The highest BCUT2D eigenvalue weighted by Crippen LogP contribution is 2.41. The summed E-state index contributed by atoms with van der Waals surface area (Å²) in [6.07, 6.45) is 7.92. The molecule has 2 aliphatic rings. The van der Waals surface area contributed by atoms with Gasteiger partial charge >= 0.3 is 5.97 Å². The Morgan fingerprint density at radius 3 is 2.60 bits per heavy atom. The number of hydrogen-bond acceptors (Lipinski definition) is 3. The van der Waals surface area contributed by atoms with Crippen molar-refractivity contribution < 1.29 is 14.7 Å². The van der Waals surface area contributed by atoms with Crippen LogP contribution in [-0.2, 0) is 4.79 Å². The molecule has 0 saturated heterocycles. The van der Waals surface area contributed by atoms with E-state index in [1.54, 1.807) is 35.4 Å². The third kappa shape index (κ3) is 4.88. The average Bonchev–Trinajstić information content (AvgIpc) is 2.73. The minimum Gasteiger partial charge on any atom is -0.480 e. The number of hydrogen-bond donors (Lipinski definition) is 2. The Balaban J connectivity index is 1.47. The lowest BCUT2D eigenvalue weighted by molar-refractivity contribution is -0.139. The minimum absolute atomic E-state index is 0.322. The van der Waals surface area contributed by atoms with Crippen molar-refractivity contribution >= 4 is 23.6 Å². The number of rotatable bonds is 7. The average molecular weight is 359 g/mol. The van der Waals surface area contributed by atoms with Gasteiger partial charge in [0.25, 0.3) is 5.91 Å². The van der Waals surface area contributed by atoms with Crippen LogP contribution in [0.25, 0.3) is 0 Å². The molecule has 3 rings (SSSR count). The molecule has 0 aliphatic heterocycles. The molecule has 0 heterocycles. The summed E-state index contributed by atoms with van der Waals surface area (Å²) in [5.41, 5.74) is 3.83. The number of carboxylic acid groups (broad SMARTS) is 1. The van der Waals surface area contributed by atoms with Crippen LogP contribution in [0.5, 0.6) is 0 Å². The normalized spacial score (nSPS) is 20.9. The van der Waals surface area contributed by atoms with Crippen LogP contribution in [0.1, 0.15) is 55.3 Å². The van der Waals surface area contributed by atoms with Crippen molar-refractivity contribution in [3.63, 3.8) is 0 Å². The zero-order valence-corrected chi connectivity index (χ0v) is 15.2. The van der Waals surface area contributed by atoms with Gasteiger partial charge in [0.15, 0.2) is 0 Å². The van der Waals surface area contributed by atoms with E-state index < -0.39 is 12.0 Å². The monoisotopic (exact) mass is 359 g/mol. The molecule has 2 atom stereocenters. The molecular weight excluding hydrogens is 334 g/mol. The quantitative estimate of drug-likeness (QED) is 0.722. The Labute approximate surface area is 153 Å². The molecule has 0 bridgehead atoms. The maximum atomic E-state index is 12.2. The van der Waals surface area contributed by atoms with E-state index in [0.717, 1.165) is 5.75 Å². The first-order chi connectivity index (χ1) is 12.1. The summed E-state index contributed by atoms with van der Waals surface area (Å²) < 4.78 is 0. The summed E-state index contributed by atoms with van der Waals surface area (Å²) in [6, 6.07) is 7.94. The molecule has 0 fully saturated rings. The van der Waals surface area contributed by atoms with Crippen LogP contribution in [0.2, 0.25) is 0 Å². The van der Waals surface area contributed by atoms with Crippen LogP contribution in [0.4, 0.5) is 0 Å². The summed E-state index contributed by atoms with van der Waals surface area (Å²) >= 11 is 1.87. The second-order valence-corrected chi connectivity index (χ2v) is 8.22. The molecule has 5 heteroatoms. The fourth-order valence-electron chi connectivity index (χ4n) is 3.53. The number of carbonyl (C=O) groups excluding carboxylic acids is 1. The predicted molar refractivity (Wildman–Crippen MR) is 101 cm³/mol. The first-order valence-corrected chi connectivity index (χ1v) is 10.1. The highest BCUT2D eigenvalue weighted by atomic mass is 32.2. The van der Waals surface area contributed by atoms with Crippen molar-refractivity contribution in [1.82, 2.24) is 5.32 Å². The molecule has 1 aromatic carbocycles. The molecule has 0 radical (unpaired) electrons. The zero-order chi connectivity index (χ0) is 17.6. The van der Waals surface area contributed by atoms with Gasteiger partial charge in [0, 0.05) is 10.8 Å². The maximum Gasteiger partial charge on any atom is 0.326 e. The van der Waals surface area contributed by atoms with Gasteiger partial charge in [-0.05, 0) is 62.8 Å². The Bertz CT molecular complexity index is 656. The summed E-state index contributed by atoms with van der Waals surface area (Å²) in [7, 11) is 0. The van der Waals surface area contributed by atoms with Crippen LogP contribution in [0, 0.1) is 0 Å². The second kappa shape index (κ2) is 8.56. The molecule has 4 nitrogen and oxygen atoms in total. The smallest absolute Gasteiger partial charge is 0.326 e. The number of allylic oxidation sites excluding steroid dienone is 2. The van der Waals surface area contributed by atoms with Gasteiger partial charge in [-0.3, -0.25) is 4.79 Å². The zero-order valence-electron chi connectivity index (χ0n) is 14.4. The van der Waals surface area contributed by atoms with Gasteiger partial charge in [-0.1, -0.05) is 29.3 Å². The topological polar surface area (TPSA) is 66.4 Å². The lowest BCUT2D eigenvalue weighted by Crippen LogP contribution is -2.41. The molecule has 1 aromatic rings. The largest absolute Gasteiger partial charge is 0.480 e. The molecule has 0 saturated carbocycles. The van der Waals surface area contributed by atoms with Gasteiger partial charge < -0.3 is 10.4 Å². The number of thioether (sulfide) groups is 1. The second-order valence-electron chi connectivity index (χ2n) is 6.82. The SMILES string of the molecule is O=C(NC(CCSC1CCCC2=C(CC2)C1)C(=O)O)c1ccccc1. The summed E-state index contributed by atoms with van der Waals surface area (Å²) in [5, 5.41) is 12.7. The van der Waals surface area contributed by atoms with E-state index in [1.807, 2.05) is 17.8 Å². The first kappa shape index (κ1) is 18.1. The number of benzene rings is 1. The van der Waals surface area contributed by atoms with Crippen molar-refractivity contribution in [1.29, 1.82) is 0 Å². The summed E-state index contributed by atoms with van der Waals surface area (Å²) in [5.74, 6) is -0.522. The van der Waals surface area contributed by atoms with Crippen molar-refractivity contribution in [3.8, 4) is 0 Å². The number of nitrogens with one attached hydrogen (secondary N) is 1. The van der Waals surface area contributed by atoms with Gasteiger partial charge in [-0.2, -0.15) is 11.8 Å². The van der Waals surface area contributed by atoms with Crippen molar-refractivity contribution in [2.75, 3.05) is 5.75 Å². The van der Waals surface area contributed by atoms with E-state index in [0.29, 0.717) is 17.2 Å². The summed E-state index contributed by atoms with van der Waals surface area (Å²) in [4.78, 5) is 23.6. The van der Waals surface area contributed by atoms with Gasteiger partial charge in [-0.15, -0.1) is 0 Å². The van der Waals surface area contributed by atoms with Gasteiger partial charge in [0.05, 0.1) is 0 Å². The molecule has 0 spiro atoms. The Morgan fingerprint density at radius 1 is 1.16 bits per heavy atom. The van der Waals surface area contributed by atoms with E-state index in [2.05, 4.69) is 5.32 Å². The first-order valence-electron chi connectivity index (χ1n) is 9.03. The number of aliphatic carboxylic acids is 1. The Kier molecular flexibility index (Phi) is 6.19. The fraction of sp³-hybridized carbons (Fsp3) is 0.500. The van der Waals surface area contributed by atoms with Crippen LogP contribution in [0.3, 0.4) is 0 Å². The van der Waals surface area contributed by atoms with Crippen molar-refractivity contribution in [3.05, 3.63) is 47.0 Å². The van der Waals surface area contributed by atoms with E-state index in [4.69, 9.17) is 0 Å². The van der Waals surface area contributed by atoms with E-state index in [9.17, 15) is 14.7 Å². The van der Waals surface area contributed by atoms with Crippen LogP contribution in [-0.4, -0.2) is 34.0 Å². The highest BCUT2D eigenvalue weighted by Gasteiger charge is 2.25. The molecule has 1 amide bonds. The fourth-order valence-corrected chi connectivity index (χ4v) is 4.89. The molecular formula is C20H25NO3S. The third-order valence-electron chi connectivity index (χ3n) is 5.11. The number of carbonyl (C=O) groups is 2. The van der Waals surface area contributed by atoms with Crippen LogP contribution < -0.4 is 5.32 Å². The molecule has 2 aliphatic carbocycles. The standard InChI is InChI=1S/C20H25NO3S/c22-19(15-5-2-1-3-6-15)21-18(20(23)24)11-12-25-17-8-4-7-14-9-10-16(14)13-17/h1-3,5-6,17-18H,4,7-13H2,(H,21,22)(H,23,24). The van der Waals surface area contributed by atoms with Crippen LogP contribution >= 0.6 is 11.8 Å². The number of carboxylic acids is 1. The van der Waals surface area contributed by atoms with E-state index in [1.165, 1.54) is 38.5 Å². The van der Waals surface area contributed by atoms with Gasteiger partial charge in [0.1, 0.15) is 6.04 Å². The maximum absolute atomic E-state index is 12.2. The van der Waals surface area contributed by atoms with E-state index in [-0.39, 0.29) is 5.91 Å². The Morgan fingerprint density at radius 2 is 1.92 bits per heavy atom. The molecule has 134 valence electrons.